The number of hydrogen-bond donors (Lipinski definition) is 0. The van der Waals surface area contributed by atoms with Crippen molar-refractivity contribution in [3.63, 3.8) is 0 Å². The highest BCUT2D eigenvalue weighted by molar-refractivity contribution is 6.12. The van der Waals surface area contributed by atoms with E-state index < -0.39 is 34.9 Å². The van der Waals surface area contributed by atoms with Crippen LogP contribution in [-0.2, 0) is 30.4 Å². The highest BCUT2D eigenvalue weighted by atomic mass is 16.6. The Hall–Kier alpha value is -2.83. The molecule has 1 amide bonds. The van der Waals surface area contributed by atoms with Gasteiger partial charge in [-0.2, -0.15) is 0 Å². The summed E-state index contributed by atoms with van der Waals surface area (Å²) in [6.07, 6.45) is 1.98. The Morgan fingerprint density at radius 2 is 1.97 bits per heavy atom. The maximum atomic E-state index is 13.3. The largest absolute Gasteiger partial charge is 0.497 e. The number of likely N-dealkylation sites (tertiary alicyclic amines) is 1. The Labute approximate surface area is 170 Å². The van der Waals surface area contributed by atoms with Crippen LogP contribution in [0.2, 0.25) is 0 Å². The lowest BCUT2D eigenvalue weighted by atomic mass is 9.80. The fraction of sp³-hybridized carbons (Fsp3) is 0.500. The molecule has 156 valence electrons. The lowest BCUT2D eigenvalue weighted by Crippen LogP contribution is -2.59. The zero-order valence-electron chi connectivity index (χ0n) is 17.3. The minimum absolute atomic E-state index is 0.00142. The normalized spacial score (nSPS) is 26.1. The lowest BCUT2D eigenvalue weighted by molar-refractivity contribution is -0.177. The number of benzene rings is 1. The van der Waals surface area contributed by atoms with E-state index in [2.05, 4.69) is 6.58 Å². The Balaban J connectivity index is 2.05. The number of nitrogens with zero attached hydrogens (tertiary/aromatic N) is 1. The second kappa shape index (κ2) is 7.54. The van der Waals surface area contributed by atoms with E-state index in [1.807, 2.05) is 0 Å². The number of ether oxygens (including phenoxy) is 3. The van der Waals surface area contributed by atoms with E-state index >= 15 is 0 Å². The molecule has 3 atom stereocenters. The molecule has 7 heteroatoms. The minimum atomic E-state index is -1.78. The Morgan fingerprint density at radius 1 is 1.31 bits per heavy atom. The van der Waals surface area contributed by atoms with Crippen molar-refractivity contribution in [2.75, 3.05) is 13.7 Å². The summed E-state index contributed by atoms with van der Waals surface area (Å²) in [6, 6.07) is 7.12. The van der Waals surface area contributed by atoms with Crippen LogP contribution in [0.5, 0.6) is 5.75 Å². The average molecular weight is 401 g/mol. The first-order valence-electron chi connectivity index (χ1n) is 9.61. The van der Waals surface area contributed by atoms with Crippen molar-refractivity contribution in [1.29, 1.82) is 0 Å². The summed E-state index contributed by atoms with van der Waals surface area (Å²) in [5, 5.41) is 0. The zero-order valence-corrected chi connectivity index (χ0v) is 17.3. The molecule has 2 heterocycles. The smallest absolute Gasteiger partial charge is 0.344 e. The van der Waals surface area contributed by atoms with Gasteiger partial charge in [-0.25, -0.2) is 9.59 Å². The van der Waals surface area contributed by atoms with Gasteiger partial charge < -0.3 is 19.1 Å². The van der Waals surface area contributed by atoms with Gasteiger partial charge in [-0.1, -0.05) is 18.2 Å². The highest BCUT2D eigenvalue weighted by Crippen LogP contribution is 2.48. The van der Waals surface area contributed by atoms with Gasteiger partial charge in [0.15, 0.2) is 0 Å². The van der Waals surface area contributed by atoms with Crippen molar-refractivity contribution in [1.82, 2.24) is 4.90 Å². The molecule has 1 aromatic rings. The SMILES string of the molecule is C=CC[C@H]1C(=O)N(Cc2ccc(OC)cc2)[C@]2(C(=O)OC(C)(C)C)C(=O)OC[C@H]12. The molecule has 0 bridgehead atoms. The summed E-state index contributed by atoms with van der Waals surface area (Å²) in [6.45, 7) is 8.98. The van der Waals surface area contributed by atoms with Crippen molar-refractivity contribution in [2.24, 2.45) is 11.8 Å². The molecule has 1 aromatic carbocycles. The molecule has 0 aliphatic carbocycles. The predicted octanol–water partition coefficient (Wildman–Crippen LogP) is 2.48. The summed E-state index contributed by atoms with van der Waals surface area (Å²) in [5.74, 6) is -2.26. The molecule has 2 aliphatic heterocycles. The number of fused-ring (bicyclic) bond motifs is 1. The Bertz CT molecular complexity index is 825. The molecule has 3 rings (SSSR count). The molecular formula is C22H27NO6. The summed E-state index contributed by atoms with van der Waals surface area (Å²) in [7, 11) is 1.56. The van der Waals surface area contributed by atoms with Crippen molar-refractivity contribution < 1.29 is 28.6 Å². The van der Waals surface area contributed by atoms with Crippen LogP contribution in [0.15, 0.2) is 36.9 Å². The van der Waals surface area contributed by atoms with Gasteiger partial charge in [0.25, 0.3) is 0 Å². The van der Waals surface area contributed by atoms with Crippen LogP contribution >= 0.6 is 0 Å². The second-order valence-electron chi connectivity index (χ2n) is 8.38. The maximum absolute atomic E-state index is 13.3. The number of amides is 1. The zero-order chi connectivity index (χ0) is 21.4. The third-order valence-corrected chi connectivity index (χ3v) is 5.37. The van der Waals surface area contributed by atoms with Gasteiger partial charge in [0, 0.05) is 6.54 Å². The van der Waals surface area contributed by atoms with Crippen molar-refractivity contribution >= 4 is 17.8 Å². The topological polar surface area (TPSA) is 82.1 Å². The summed E-state index contributed by atoms with van der Waals surface area (Å²) in [4.78, 5) is 40.9. The standard InChI is InChI=1S/C22H27NO6/c1-6-7-16-17-13-28-19(25)22(17,20(26)29-21(2,3)4)23(18(16)24)12-14-8-10-15(27-5)11-9-14/h6,8-11,16-17H,1,7,12-13H2,2-5H3/t16-,17-,22+/m1/s1. The third-order valence-electron chi connectivity index (χ3n) is 5.37. The van der Waals surface area contributed by atoms with Crippen LogP contribution in [0.25, 0.3) is 0 Å². The molecule has 2 aliphatic rings. The Morgan fingerprint density at radius 3 is 2.52 bits per heavy atom. The first-order chi connectivity index (χ1) is 13.6. The van der Waals surface area contributed by atoms with Crippen LogP contribution in [0.4, 0.5) is 0 Å². The number of allylic oxidation sites excluding steroid dienone is 1. The first-order valence-corrected chi connectivity index (χ1v) is 9.61. The number of rotatable bonds is 6. The molecule has 2 saturated heterocycles. The number of carbonyl (C=O) groups excluding carboxylic acids is 3. The quantitative estimate of drug-likeness (QED) is 0.414. The number of esters is 2. The van der Waals surface area contributed by atoms with Crippen LogP contribution in [0.1, 0.15) is 32.8 Å². The van der Waals surface area contributed by atoms with Gasteiger partial charge in [0.1, 0.15) is 11.4 Å². The molecule has 7 nitrogen and oxygen atoms in total. The molecular weight excluding hydrogens is 374 g/mol. The number of cyclic esters (lactones) is 1. The van der Waals surface area contributed by atoms with E-state index in [1.165, 1.54) is 4.90 Å². The van der Waals surface area contributed by atoms with Crippen LogP contribution in [-0.4, -0.2) is 47.6 Å². The van der Waals surface area contributed by atoms with Crippen LogP contribution < -0.4 is 4.74 Å². The van der Waals surface area contributed by atoms with E-state index in [-0.39, 0.29) is 19.1 Å². The van der Waals surface area contributed by atoms with Crippen LogP contribution in [0, 0.1) is 11.8 Å². The summed E-state index contributed by atoms with van der Waals surface area (Å²) >= 11 is 0. The van der Waals surface area contributed by atoms with E-state index in [4.69, 9.17) is 14.2 Å². The minimum Gasteiger partial charge on any atom is -0.497 e. The van der Waals surface area contributed by atoms with E-state index in [9.17, 15) is 14.4 Å². The molecule has 29 heavy (non-hydrogen) atoms. The monoisotopic (exact) mass is 401 g/mol. The predicted molar refractivity (Wildman–Crippen MR) is 105 cm³/mol. The van der Waals surface area contributed by atoms with Gasteiger partial charge in [-0.15, -0.1) is 6.58 Å². The summed E-state index contributed by atoms with van der Waals surface area (Å²) < 4.78 is 16.1. The third kappa shape index (κ3) is 3.50. The van der Waals surface area contributed by atoms with Crippen molar-refractivity contribution in [2.45, 2.75) is 44.9 Å². The molecule has 0 unspecified atom stereocenters. The van der Waals surface area contributed by atoms with Gasteiger partial charge >= 0.3 is 11.9 Å². The molecule has 0 spiro atoms. The van der Waals surface area contributed by atoms with Crippen molar-refractivity contribution in [3.8, 4) is 5.75 Å². The second-order valence-corrected chi connectivity index (χ2v) is 8.38. The fourth-order valence-corrected chi connectivity index (χ4v) is 4.07. The van der Waals surface area contributed by atoms with E-state index in [0.29, 0.717) is 12.2 Å². The summed E-state index contributed by atoms with van der Waals surface area (Å²) in [5.41, 5.74) is -1.83. The average Bonchev–Trinajstić information content (AvgIpc) is 3.11. The number of carbonyl (C=O) groups is 3. The van der Waals surface area contributed by atoms with Crippen LogP contribution in [0.3, 0.4) is 0 Å². The van der Waals surface area contributed by atoms with Gasteiger partial charge in [-0.05, 0) is 44.9 Å². The molecule has 0 saturated carbocycles. The lowest BCUT2D eigenvalue weighted by Gasteiger charge is -2.35. The van der Waals surface area contributed by atoms with Crippen molar-refractivity contribution in [3.05, 3.63) is 42.5 Å². The Kier molecular flexibility index (Phi) is 5.43. The molecule has 0 radical (unpaired) electrons. The number of hydrogen-bond acceptors (Lipinski definition) is 6. The van der Waals surface area contributed by atoms with E-state index in [1.54, 1.807) is 58.2 Å². The molecule has 2 fully saturated rings. The molecule has 0 N–H and O–H groups in total. The van der Waals surface area contributed by atoms with Gasteiger partial charge in [-0.3, -0.25) is 4.79 Å². The fourth-order valence-electron chi connectivity index (χ4n) is 4.07. The number of methoxy groups -OCH3 is 1. The van der Waals surface area contributed by atoms with Gasteiger partial charge in [0.2, 0.25) is 11.4 Å². The maximum Gasteiger partial charge on any atom is 0.344 e. The highest BCUT2D eigenvalue weighted by Gasteiger charge is 2.72. The molecule has 0 aromatic heterocycles. The van der Waals surface area contributed by atoms with Gasteiger partial charge in [0.05, 0.1) is 25.6 Å². The first kappa shape index (κ1) is 20.9. The van der Waals surface area contributed by atoms with E-state index in [0.717, 1.165) is 5.56 Å².